The van der Waals surface area contributed by atoms with Crippen LogP contribution in [0.15, 0.2) is 0 Å². The second-order valence-electron chi connectivity index (χ2n) is 6.54. The summed E-state index contributed by atoms with van der Waals surface area (Å²) in [7, 11) is 0. The van der Waals surface area contributed by atoms with Gasteiger partial charge in [0.25, 0.3) is 0 Å². The van der Waals surface area contributed by atoms with Gasteiger partial charge in [-0.15, -0.1) is 0 Å². The van der Waals surface area contributed by atoms with E-state index in [1.54, 1.807) is 0 Å². The van der Waals surface area contributed by atoms with Gasteiger partial charge in [-0.05, 0) is 18.3 Å². The molecule has 1 amide bonds. The summed E-state index contributed by atoms with van der Waals surface area (Å²) in [5, 5.41) is 30.4. The number of aliphatic hydroxyl groups is 1. The first-order valence-electron chi connectivity index (χ1n) is 8.23. The summed E-state index contributed by atoms with van der Waals surface area (Å²) in [4.78, 5) is 23.0. The van der Waals surface area contributed by atoms with E-state index < -0.39 is 23.9 Å². The Morgan fingerprint density at radius 1 is 1.35 bits per heavy atom. The van der Waals surface area contributed by atoms with Crippen molar-refractivity contribution in [2.75, 3.05) is 0 Å². The fourth-order valence-electron chi connectivity index (χ4n) is 3.98. The molecule has 0 radical (unpaired) electrons. The van der Waals surface area contributed by atoms with Crippen LogP contribution in [0.3, 0.4) is 0 Å². The fraction of sp³-hybridized carbons (Fsp3) is 0.812. The highest BCUT2D eigenvalue weighted by atomic mass is 16.4. The van der Waals surface area contributed by atoms with Crippen molar-refractivity contribution in [2.45, 2.75) is 58.6 Å². The van der Waals surface area contributed by atoms with Crippen molar-refractivity contribution < 1.29 is 19.8 Å². The van der Waals surface area contributed by atoms with Crippen molar-refractivity contribution in [1.29, 1.82) is 5.41 Å². The molecule has 1 aliphatic carbocycles. The van der Waals surface area contributed by atoms with Crippen LogP contribution in [0.5, 0.6) is 0 Å². The SMILES string of the molecule is CCC(CC)[C@H](NC(C)=O)[C@H]1[C@H](CC(=N)N)C[C@H](C(=O)O)[C@H]1O. The molecule has 0 aromatic heterocycles. The highest BCUT2D eigenvalue weighted by Gasteiger charge is 2.50. The molecule has 1 aliphatic rings. The number of rotatable bonds is 8. The first kappa shape index (κ1) is 19.4. The maximum atomic E-state index is 11.6. The Hall–Kier alpha value is -1.63. The van der Waals surface area contributed by atoms with E-state index in [9.17, 15) is 19.8 Å². The number of amides is 1. The quantitative estimate of drug-likeness (QED) is 0.334. The summed E-state index contributed by atoms with van der Waals surface area (Å²) >= 11 is 0. The van der Waals surface area contributed by atoms with Crippen LogP contribution in [0.2, 0.25) is 0 Å². The van der Waals surface area contributed by atoms with Crippen molar-refractivity contribution in [3.05, 3.63) is 0 Å². The molecule has 132 valence electrons. The first-order valence-corrected chi connectivity index (χ1v) is 8.23. The Labute approximate surface area is 137 Å². The fourth-order valence-corrected chi connectivity index (χ4v) is 3.98. The Morgan fingerprint density at radius 3 is 2.30 bits per heavy atom. The third-order valence-corrected chi connectivity index (χ3v) is 5.05. The Morgan fingerprint density at radius 2 is 1.91 bits per heavy atom. The van der Waals surface area contributed by atoms with Crippen LogP contribution in [0.1, 0.15) is 46.5 Å². The van der Waals surface area contributed by atoms with Crippen LogP contribution in [0.25, 0.3) is 0 Å². The summed E-state index contributed by atoms with van der Waals surface area (Å²) in [5.74, 6) is -2.64. The summed E-state index contributed by atoms with van der Waals surface area (Å²) in [6.07, 6.45) is 1.10. The summed E-state index contributed by atoms with van der Waals surface area (Å²) < 4.78 is 0. The Kier molecular flexibility index (Phi) is 7.00. The lowest BCUT2D eigenvalue weighted by Gasteiger charge is -2.36. The molecule has 0 spiro atoms. The van der Waals surface area contributed by atoms with Crippen LogP contribution >= 0.6 is 0 Å². The molecule has 0 unspecified atom stereocenters. The smallest absolute Gasteiger partial charge is 0.309 e. The summed E-state index contributed by atoms with van der Waals surface area (Å²) in [6.45, 7) is 5.45. The molecule has 0 bridgehead atoms. The second-order valence-corrected chi connectivity index (χ2v) is 6.54. The second kappa shape index (κ2) is 8.29. The molecular weight excluding hydrogens is 298 g/mol. The van der Waals surface area contributed by atoms with Crippen molar-refractivity contribution >= 4 is 17.7 Å². The molecule has 0 heterocycles. The molecule has 7 heteroatoms. The normalized spacial score (nSPS) is 28.6. The van der Waals surface area contributed by atoms with E-state index in [2.05, 4.69) is 5.32 Å². The molecule has 1 fully saturated rings. The average Bonchev–Trinajstić information content (AvgIpc) is 2.74. The molecule has 1 rings (SSSR count). The molecule has 5 atom stereocenters. The Balaban J connectivity index is 3.17. The van der Waals surface area contributed by atoms with E-state index in [1.165, 1.54) is 6.92 Å². The number of nitrogens with two attached hydrogens (primary N) is 1. The number of hydrogen-bond donors (Lipinski definition) is 5. The number of nitrogens with one attached hydrogen (secondary N) is 2. The van der Waals surface area contributed by atoms with Crippen molar-refractivity contribution in [1.82, 2.24) is 5.32 Å². The zero-order valence-electron chi connectivity index (χ0n) is 14.1. The monoisotopic (exact) mass is 327 g/mol. The maximum Gasteiger partial charge on any atom is 0.309 e. The van der Waals surface area contributed by atoms with Crippen LogP contribution < -0.4 is 11.1 Å². The van der Waals surface area contributed by atoms with E-state index >= 15 is 0 Å². The van der Waals surface area contributed by atoms with Gasteiger partial charge in [-0.25, -0.2) is 0 Å². The van der Waals surface area contributed by atoms with Crippen molar-refractivity contribution in [2.24, 2.45) is 29.4 Å². The molecule has 7 nitrogen and oxygen atoms in total. The molecular formula is C16H29N3O4. The Bertz CT molecular complexity index is 451. The van der Waals surface area contributed by atoms with Gasteiger partial charge >= 0.3 is 5.97 Å². The van der Waals surface area contributed by atoms with Crippen LogP contribution in [0, 0.1) is 29.1 Å². The van der Waals surface area contributed by atoms with Gasteiger partial charge in [0, 0.05) is 25.3 Å². The number of hydrogen-bond acceptors (Lipinski definition) is 4. The zero-order valence-corrected chi connectivity index (χ0v) is 14.1. The van der Waals surface area contributed by atoms with Crippen LogP contribution in [-0.2, 0) is 9.59 Å². The predicted octanol–water partition coefficient (Wildman–Crippen LogP) is 0.951. The lowest BCUT2D eigenvalue weighted by atomic mass is 9.77. The zero-order chi connectivity index (χ0) is 17.7. The summed E-state index contributed by atoms with van der Waals surface area (Å²) in [5.41, 5.74) is 5.51. The number of aliphatic hydroxyl groups excluding tert-OH is 1. The van der Waals surface area contributed by atoms with Gasteiger partial charge in [-0.2, -0.15) is 0 Å². The average molecular weight is 327 g/mol. The largest absolute Gasteiger partial charge is 0.481 e. The van der Waals surface area contributed by atoms with Gasteiger partial charge in [0.15, 0.2) is 0 Å². The van der Waals surface area contributed by atoms with Crippen molar-refractivity contribution in [3.63, 3.8) is 0 Å². The lowest BCUT2D eigenvalue weighted by molar-refractivity contribution is -0.145. The van der Waals surface area contributed by atoms with Gasteiger partial charge in [-0.3, -0.25) is 15.0 Å². The van der Waals surface area contributed by atoms with Gasteiger partial charge in [-0.1, -0.05) is 26.7 Å². The number of amidine groups is 1. The number of carboxylic acids is 1. The molecule has 1 saturated carbocycles. The van der Waals surface area contributed by atoms with Gasteiger partial charge in [0.2, 0.25) is 5.91 Å². The lowest BCUT2D eigenvalue weighted by Crippen LogP contribution is -2.50. The number of carbonyl (C=O) groups excluding carboxylic acids is 1. The minimum Gasteiger partial charge on any atom is -0.481 e. The minimum atomic E-state index is -1.05. The molecule has 23 heavy (non-hydrogen) atoms. The van der Waals surface area contributed by atoms with Crippen LogP contribution in [0.4, 0.5) is 0 Å². The summed E-state index contributed by atoms with van der Waals surface area (Å²) in [6, 6.07) is -0.314. The van der Waals surface area contributed by atoms with E-state index in [0.29, 0.717) is 0 Å². The van der Waals surface area contributed by atoms with Crippen molar-refractivity contribution in [3.8, 4) is 0 Å². The third-order valence-electron chi connectivity index (χ3n) is 5.05. The first-order chi connectivity index (χ1) is 10.7. The van der Waals surface area contributed by atoms with Gasteiger partial charge < -0.3 is 21.3 Å². The molecule has 0 aliphatic heterocycles. The van der Waals surface area contributed by atoms with Crippen LogP contribution in [-0.4, -0.2) is 40.1 Å². The highest BCUT2D eigenvalue weighted by molar-refractivity contribution is 5.78. The molecule has 0 aromatic rings. The number of aliphatic carboxylic acids is 1. The van der Waals surface area contributed by atoms with Gasteiger partial charge in [0.1, 0.15) is 0 Å². The maximum absolute atomic E-state index is 11.6. The minimum absolute atomic E-state index is 0.0237. The van der Waals surface area contributed by atoms with E-state index in [1.807, 2.05) is 13.8 Å². The molecule has 6 N–H and O–H groups in total. The number of carboxylic acid groups (broad SMARTS) is 1. The number of carbonyl (C=O) groups is 2. The predicted molar refractivity (Wildman–Crippen MR) is 86.9 cm³/mol. The standard InChI is InChI=1S/C16H29N3O4/c1-4-9(5-2)14(19-8(3)20)13-10(7-12(17)18)6-11(15(13)21)16(22)23/h9-11,13-15,21H,4-7H2,1-3H3,(H3,17,18)(H,19,20)(H,22,23)/t10-,11-,13+,14-,15+/m0/s1. The van der Waals surface area contributed by atoms with E-state index in [4.69, 9.17) is 11.1 Å². The molecule has 0 saturated heterocycles. The third kappa shape index (κ3) is 4.67. The van der Waals surface area contributed by atoms with E-state index in [-0.39, 0.29) is 42.5 Å². The topological polar surface area (TPSA) is 136 Å². The molecule has 0 aromatic carbocycles. The highest BCUT2D eigenvalue weighted by Crippen LogP contribution is 2.43. The van der Waals surface area contributed by atoms with E-state index in [0.717, 1.165) is 12.8 Å². The van der Waals surface area contributed by atoms with Gasteiger partial charge in [0.05, 0.1) is 17.9 Å².